The standard InChI is InChI=1S/C26H25N2P/c1-5-13-23(14-6-1)27-21-22-28(24-15-7-2-8-16-24)29(25-17-9-3-10-18-25)26-19-11-4-12-20-26/h1-20,27H,21-22H2. The van der Waals surface area contributed by atoms with Crippen LogP contribution in [-0.4, -0.2) is 13.1 Å². The second kappa shape index (κ2) is 9.91. The molecule has 0 heterocycles. The zero-order valence-corrected chi connectivity index (χ0v) is 17.3. The van der Waals surface area contributed by atoms with Crippen molar-refractivity contribution in [1.82, 2.24) is 0 Å². The van der Waals surface area contributed by atoms with E-state index < -0.39 is 8.07 Å². The number of rotatable bonds is 8. The van der Waals surface area contributed by atoms with Crippen LogP contribution in [-0.2, 0) is 0 Å². The van der Waals surface area contributed by atoms with Gasteiger partial charge in [-0.2, -0.15) is 0 Å². The topological polar surface area (TPSA) is 15.3 Å². The smallest absolute Gasteiger partial charge is 0.0550 e. The van der Waals surface area contributed by atoms with E-state index in [1.54, 1.807) is 0 Å². The van der Waals surface area contributed by atoms with Gasteiger partial charge in [-0.1, -0.05) is 97.1 Å². The number of para-hydroxylation sites is 2. The Bertz CT molecular complexity index is 937. The minimum Gasteiger partial charge on any atom is -0.383 e. The van der Waals surface area contributed by atoms with Crippen LogP contribution in [0.3, 0.4) is 0 Å². The van der Waals surface area contributed by atoms with Crippen molar-refractivity contribution in [2.45, 2.75) is 0 Å². The molecule has 0 fully saturated rings. The third kappa shape index (κ3) is 5.04. The molecule has 4 rings (SSSR count). The molecular weight excluding hydrogens is 371 g/mol. The van der Waals surface area contributed by atoms with Gasteiger partial charge in [-0.3, -0.25) is 0 Å². The molecule has 0 saturated heterocycles. The molecule has 0 spiro atoms. The molecule has 4 aromatic carbocycles. The van der Waals surface area contributed by atoms with Crippen LogP contribution in [0.15, 0.2) is 121 Å². The van der Waals surface area contributed by atoms with Crippen molar-refractivity contribution in [3.63, 3.8) is 0 Å². The third-order valence-corrected chi connectivity index (χ3v) is 7.21. The van der Waals surface area contributed by atoms with Crippen molar-refractivity contribution in [3.8, 4) is 0 Å². The highest BCUT2D eigenvalue weighted by atomic mass is 31.1. The highest BCUT2D eigenvalue weighted by Crippen LogP contribution is 2.41. The lowest BCUT2D eigenvalue weighted by Crippen LogP contribution is -2.32. The maximum atomic E-state index is 3.57. The number of benzene rings is 4. The zero-order valence-electron chi connectivity index (χ0n) is 16.4. The van der Waals surface area contributed by atoms with Crippen LogP contribution in [0.1, 0.15) is 0 Å². The van der Waals surface area contributed by atoms with Gasteiger partial charge >= 0.3 is 0 Å². The van der Waals surface area contributed by atoms with Gasteiger partial charge in [-0.25, -0.2) is 0 Å². The average Bonchev–Trinajstić information content (AvgIpc) is 2.81. The first kappa shape index (κ1) is 19.2. The summed E-state index contributed by atoms with van der Waals surface area (Å²) in [6.45, 7) is 1.78. The van der Waals surface area contributed by atoms with E-state index in [-0.39, 0.29) is 0 Å². The molecule has 0 radical (unpaired) electrons. The largest absolute Gasteiger partial charge is 0.383 e. The number of hydrogen-bond donors (Lipinski definition) is 1. The van der Waals surface area contributed by atoms with Crippen molar-refractivity contribution >= 4 is 30.1 Å². The highest BCUT2D eigenvalue weighted by Gasteiger charge is 2.22. The Morgan fingerprint density at radius 2 is 1.00 bits per heavy atom. The van der Waals surface area contributed by atoms with E-state index in [9.17, 15) is 0 Å². The van der Waals surface area contributed by atoms with Crippen LogP contribution in [0.5, 0.6) is 0 Å². The lowest BCUT2D eigenvalue weighted by atomic mass is 10.3. The maximum Gasteiger partial charge on any atom is 0.0550 e. The van der Waals surface area contributed by atoms with Gasteiger partial charge in [0.05, 0.1) is 8.07 Å². The summed E-state index contributed by atoms with van der Waals surface area (Å²) in [5, 5.41) is 6.29. The van der Waals surface area contributed by atoms with Crippen LogP contribution < -0.4 is 20.6 Å². The zero-order chi connectivity index (χ0) is 19.7. The van der Waals surface area contributed by atoms with Crippen molar-refractivity contribution in [2.75, 3.05) is 23.1 Å². The summed E-state index contributed by atoms with van der Waals surface area (Å²) in [5.74, 6) is 0. The normalized spacial score (nSPS) is 10.7. The molecular formula is C26H25N2P. The lowest BCUT2D eigenvalue weighted by Gasteiger charge is -2.34. The molecule has 0 aliphatic heterocycles. The molecule has 0 bridgehead atoms. The van der Waals surface area contributed by atoms with Gasteiger partial charge in [-0.15, -0.1) is 0 Å². The third-order valence-electron chi connectivity index (χ3n) is 4.72. The predicted octanol–water partition coefficient (Wildman–Crippen LogP) is 5.65. The molecule has 0 aromatic heterocycles. The number of nitrogens with one attached hydrogen (secondary N) is 1. The van der Waals surface area contributed by atoms with Crippen LogP contribution >= 0.6 is 8.07 Å². The summed E-state index contributed by atoms with van der Waals surface area (Å²) >= 11 is 0. The molecule has 0 amide bonds. The minimum absolute atomic E-state index is 0.678. The second-order valence-corrected chi connectivity index (χ2v) is 8.87. The second-order valence-electron chi connectivity index (χ2n) is 6.73. The quantitative estimate of drug-likeness (QED) is 0.387. The Kier molecular flexibility index (Phi) is 6.57. The first-order valence-electron chi connectivity index (χ1n) is 9.93. The SMILES string of the molecule is c1ccc(NCCN(c2ccccc2)P(c2ccccc2)c2ccccc2)cc1. The predicted molar refractivity (Wildman–Crippen MR) is 128 cm³/mol. The molecule has 2 nitrogen and oxygen atoms in total. The van der Waals surface area contributed by atoms with Crippen LogP contribution in [0.2, 0.25) is 0 Å². The fourth-order valence-corrected chi connectivity index (χ4v) is 5.80. The van der Waals surface area contributed by atoms with Gasteiger partial charge in [0, 0.05) is 35.1 Å². The van der Waals surface area contributed by atoms with E-state index in [1.807, 2.05) is 6.07 Å². The number of anilines is 2. The van der Waals surface area contributed by atoms with Crippen molar-refractivity contribution in [3.05, 3.63) is 121 Å². The van der Waals surface area contributed by atoms with Crippen LogP contribution in [0.4, 0.5) is 11.4 Å². The Labute approximate surface area is 174 Å². The average molecular weight is 396 g/mol. The van der Waals surface area contributed by atoms with Gasteiger partial charge in [0.15, 0.2) is 0 Å². The monoisotopic (exact) mass is 396 g/mol. The molecule has 3 heteroatoms. The molecule has 4 aromatic rings. The summed E-state index contributed by atoms with van der Waals surface area (Å²) < 4.78 is 2.55. The first-order chi connectivity index (χ1) is 14.4. The molecule has 0 aliphatic carbocycles. The molecule has 0 aliphatic rings. The van der Waals surface area contributed by atoms with E-state index >= 15 is 0 Å². The van der Waals surface area contributed by atoms with Crippen LogP contribution in [0.25, 0.3) is 0 Å². The first-order valence-corrected chi connectivity index (χ1v) is 11.2. The fraction of sp³-hybridized carbons (Fsp3) is 0.0769. The van der Waals surface area contributed by atoms with Crippen molar-refractivity contribution in [1.29, 1.82) is 0 Å². The summed E-state index contributed by atoms with van der Waals surface area (Å²) in [5.41, 5.74) is 2.41. The van der Waals surface area contributed by atoms with E-state index in [2.05, 4.69) is 125 Å². The number of hydrogen-bond acceptors (Lipinski definition) is 2. The van der Waals surface area contributed by atoms with Crippen molar-refractivity contribution in [2.24, 2.45) is 0 Å². The minimum atomic E-state index is -0.678. The molecule has 0 unspecified atom stereocenters. The van der Waals surface area contributed by atoms with Gasteiger partial charge in [0.1, 0.15) is 0 Å². The Morgan fingerprint density at radius 1 is 0.552 bits per heavy atom. The van der Waals surface area contributed by atoms with E-state index in [4.69, 9.17) is 0 Å². The Hall–Kier alpha value is -3.09. The molecule has 29 heavy (non-hydrogen) atoms. The lowest BCUT2D eigenvalue weighted by molar-refractivity contribution is 1.01. The van der Waals surface area contributed by atoms with Crippen molar-refractivity contribution < 1.29 is 0 Å². The fourth-order valence-electron chi connectivity index (χ4n) is 3.37. The highest BCUT2D eigenvalue weighted by molar-refractivity contribution is 7.74. The Morgan fingerprint density at radius 3 is 1.52 bits per heavy atom. The summed E-state index contributed by atoms with van der Waals surface area (Å²) in [7, 11) is -0.678. The van der Waals surface area contributed by atoms with Gasteiger partial charge in [-0.05, 0) is 24.3 Å². The molecule has 1 N–H and O–H groups in total. The number of nitrogens with zero attached hydrogens (tertiary/aromatic N) is 1. The summed E-state index contributed by atoms with van der Waals surface area (Å²) in [6, 6.07) is 42.9. The van der Waals surface area contributed by atoms with Gasteiger partial charge < -0.3 is 9.99 Å². The summed E-state index contributed by atoms with van der Waals surface area (Å²) in [4.78, 5) is 0. The molecule has 0 saturated carbocycles. The molecule has 144 valence electrons. The Balaban J connectivity index is 1.67. The van der Waals surface area contributed by atoms with E-state index in [0.29, 0.717) is 0 Å². The van der Waals surface area contributed by atoms with Gasteiger partial charge in [0.25, 0.3) is 0 Å². The van der Waals surface area contributed by atoms with E-state index in [1.165, 1.54) is 16.3 Å². The molecule has 0 atom stereocenters. The van der Waals surface area contributed by atoms with E-state index in [0.717, 1.165) is 18.8 Å². The van der Waals surface area contributed by atoms with Crippen LogP contribution in [0, 0.1) is 0 Å². The maximum absolute atomic E-state index is 3.57. The summed E-state index contributed by atoms with van der Waals surface area (Å²) in [6.07, 6.45) is 0. The van der Waals surface area contributed by atoms with Gasteiger partial charge in [0.2, 0.25) is 0 Å².